The van der Waals surface area contributed by atoms with Crippen molar-refractivity contribution in [3.8, 4) is 5.75 Å². The van der Waals surface area contributed by atoms with Gasteiger partial charge in [0, 0.05) is 32.5 Å². The summed E-state index contributed by atoms with van der Waals surface area (Å²) in [4.78, 5) is 12.5. The lowest BCUT2D eigenvalue weighted by molar-refractivity contribution is 0.0920. The molecule has 0 N–H and O–H groups in total. The van der Waals surface area contributed by atoms with Gasteiger partial charge in [-0.2, -0.15) is 0 Å². The molecule has 1 heterocycles. The van der Waals surface area contributed by atoms with Crippen molar-refractivity contribution in [1.29, 1.82) is 0 Å². The summed E-state index contributed by atoms with van der Waals surface area (Å²) in [5.41, 5.74) is 2.62. The zero-order chi connectivity index (χ0) is 17.4. The van der Waals surface area contributed by atoms with Crippen LogP contribution in [0.4, 0.5) is 0 Å². The minimum absolute atomic E-state index is 0.0505. The van der Waals surface area contributed by atoms with E-state index in [1.807, 2.05) is 19.9 Å². The second kappa shape index (κ2) is 6.58. The molecule has 0 aliphatic carbocycles. The Hall–Kier alpha value is -1.45. The van der Waals surface area contributed by atoms with Crippen molar-refractivity contribution in [2.45, 2.75) is 40.2 Å². The molecule has 0 amide bonds. The summed E-state index contributed by atoms with van der Waals surface area (Å²) in [6.45, 7) is 10.3. The van der Waals surface area contributed by atoms with Gasteiger partial charge >= 0.3 is 0 Å². The van der Waals surface area contributed by atoms with Gasteiger partial charge in [0.1, 0.15) is 5.75 Å². The van der Waals surface area contributed by atoms with Crippen molar-refractivity contribution < 1.29 is 9.53 Å². The molecule has 0 aliphatic rings. The number of hydrogen-bond donors (Lipinski definition) is 0. The number of ether oxygens (including phenoxy) is 1. The second-order valence-corrected chi connectivity index (χ2v) is 7.48. The van der Waals surface area contributed by atoms with Crippen molar-refractivity contribution in [3.05, 3.63) is 51.3 Å². The number of halogens is 2. The molecule has 2 rings (SSSR count). The molecule has 0 unspecified atom stereocenters. The summed E-state index contributed by atoms with van der Waals surface area (Å²) in [5, 5.41) is 0.955. The van der Waals surface area contributed by atoms with E-state index in [2.05, 4.69) is 25.3 Å². The van der Waals surface area contributed by atoms with Crippen molar-refractivity contribution in [2.75, 3.05) is 6.61 Å². The molecule has 1 aromatic carbocycles. The zero-order valence-corrected chi connectivity index (χ0v) is 15.5. The fourth-order valence-electron chi connectivity index (χ4n) is 2.92. The predicted octanol–water partition coefficient (Wildman–Crippen LogP) is 5.43. The van der Waals surface area contributed by atoms with E-state index in [4.69, 9.17) is 27.9 Å². The summed E-state index contributed by atoms with van der Waals surface area (Å²) >= 11 is 11.9. The van der Waals surface area contributed by atoms with Gasteiger partial charge in [-0.3, -0.25) is 4.79 Å². The summed E-state index contributed by atoms with van der Waals surface area (Å²) in [7, 11) is 0. The molecule has 3 nitrogen and oxygen atoms in total. The Morgan fingerprint density at radius 2 is 1.65 bits per heavy atom. The summed E-state index contributed by atoms with van der Waals surface area (Å²) in [6, 6.07) is 6.81. The molecule has 0 radical (unpaired) electrons. The fraction of sp³-hybridized carbons (Fsp3) is 0.389. The second-order valence-electron chi connectivity index (χ2n) is 6.61. The first-order chi connectivity index (χ1) is 10.6. The van der Waals surface area contributed by atoms with Crippen molar-refractivity contribution in [3.63, 3.8) is 0 Å². The molecule has 124 valence electrons. The number of carbonyl (C=O) groups is 1. The number of nitrogens with zero attached hydrogens (tertiary/aromatic N) is 1. The Labute approximate surface area is 147 Å². The van der Waals surface area contributed by atoms with Gasteiger partial charge in [0.2, 0.25) is 5.78 Å². The van der Waals surface area contributed by atoms with Crippen LogP contribution < -0.4 is 4.74 Å². The smallest absolute Gasteiger partial charge is 0.202 e. The van der Waals surface area contributed by atoms with Crippen molar-refractivity contribution in [2.24, 2.45) is 0 Å². The molecule has 0 bridgehead atoms. The first-order valence-electron chi connectivity index (χ1n) is 7.41. The van der Waals surface area contributed by atoms with Gasteiger partial charge in [-0.05, 0) is 58.9 Å². The maximum atomic E-state index is 12.5. The highest BCUT2D eigenvalue weighted by molar-refractivity contribution is 6.34. The van der Waals surface area contributed by atoms with Crippen LogP contribution >= 0.6 is 23.2 Å². The first-order valence-corrected chi connectivity index (χ1v) is 8.16. The molecule has 0 fully saturated rings. The van der Waals surface area contributed by atoms with Gasteiger partial charge < -0.3 is 9.30 Å². The molecule has 5 heteroatoms. The number of Topliss-reactive ketones (excluding diaryl/α,β-unsaturated/α-hetero) is 1. The maximum Gasteiger partial charge on any atom is 0.202 e. The molecular weight excluding hydrogens is 333 g/mol. The number of aromatic nitrogens is 1. The van der Waals surface area contributed by atoms with Crippen LogP contribution in [0.25, 0.3) is 0 Å². The summed E-state index contributed by atoms with van der Waals surface area (Å²) < 4.78 is 7.71. The Morgan fingerprint density at radius 1 is 1.09 bits per heavy atom. The quantitative estimate of drug-likeness (QED) is 0.686. The highest BCUT2D eigenvalue weighted by Crippen LogP contribution is 2.26. The van der Waals surface area contributed by atoms with Crippen LogP contribution in [-0.4, -0.2) is 17.0 Å². The topological polar surface area (TPSA) is 31.2 Å². The van der Waals surface area contributed by atoms with Gasteiger partial charge in [-0.1, -0.05) is 23.2 Å². The standard InChI is InChI=1S/C18H21Cl2NO2/c1-11-6-16(12(2)21(11)18(3,4)5)17(22)10-23-15-8-13(19)7-14(20)9-15/h6-9H,10H2,1-5H3. The predicted molar refractivity (Wildman–Crippen MR) is 95.2 cm³/mol. The van der Waals surface area contributed by atoms with E-state index in [0.717, 1.165) is 11.4 Å². The molecular formula is C18H21Cl2NO2. The number of ketones is 1. The highest BCUT2D eigenvalue weighted by Gasteiger charge is 2.22. The van der Waals surface area contributed by atoms with E-state index >= 15 is 0 Å². The molecule has 23 heavy (non-hydrogen) atoms. The van der Waals surface area contributed by atoms with Gasteiger partial charge in [-0.25, -0.2) is 0 Å². The molecule has 0 atom stereocenters. The average Bonchev–Trinajstić information content (AvgIpc) is 2.70. The van der Waals surface area contributed by atoms with Crippen molar-refractivity contribution in [1.82, 2.24) is 4.57 Å². The lowest BCUT2D eigenvalue weighted by Gasteiger charge is -2.25. The Morgan fingerprint density at radius 3 is 2.13 bits per heavy atom. The monoisotopic (exact) mass is 353 g/mol. The number of benzene rings is 1. The van der Waals surface area contributed by atoms with Crippen LogP contribution in [0.1, 0.15) is 42.5 Å². The van der Waals surface area contributed by atoms with E-state index in [-0.39, 0.29) is 17.9 Å². The van der Waals surface area contributed by atoms with Crippen LogP contribution in [0.15, 0.2) is 24.3 Å². The number of aryl methyl sites for hydroxylation is 1. The minimum Gasteiger partial charge on any atom is -0.485 e. The third kappa shape index (κ3) is 4.10. The lowest BCUT2D eigenvalue weighted by Crippen LogP contribution is -2.24. The lowest BCUT2D eigenvalue weighted by atomic mass is 10.1. The number of carbonyl (C=O) groups excluding carboxylic acids is 1. The van der Waals surface area contributed by atoms with E-state index in [1.165, 1.54) is 0 Å². The molecule has 0 saturated heterocycles. The maximum absolute atomic E-state index is 12.5. The number of rotatable bonds is 4. The van der Waals surface area contributed by atoms with Crippen LogP contribution in [-0.2, 0) is 5.54 Å². The number of hydrogen-bond acceptors (Lipinski definition) is 2. The van der Waals surface area contributed by atoms with Gasteiger partial charge in [0.25, 0.3) is 0 Å². The molecule has 2 aromatic rings. The van der Waals surface area contributed by atoms with Crippen LogP contribution in [0, 0.1) is 13.8 Å². The molecule has 0 aliphatic heterocycles. The van der Waals surface area contributed by atoms with Crippen LogP contribution in [0.5, 0.6) is 5.75 Å². The Balaban J connectivity index is 2.19. The zero-order valence-electron chi connectivity index (χ0n) is 14.0. The molecule has 0 spiro atoms. The van der Waals surface area contributed by atoms with Gasteiger partial charge in [0.05, 0.1) is 0 Å². The summed E-state index contributed by atoms with van der Waals surface area (Å²) in [6.07, 6.45) is 0. The van der Waals surface area contributed by atoms with Gasteiger partial charge in [-0.15, -0.1) is 0 Å². The normalized spacial score (nSPS) is 11.6. The minimum atomic E-state index is -0.0754. The van der Waals surface area contributed by atoms with Crippen molar-refractivity contribution >= 4 is 29.0 Å². The van der Waals surface area contributed by atoms with Crippen LogP contribution in [0.2, 0.25) is 10.0 Å². The fourth-order valence-corrected chi connectivity index (χ4v) is 3.42. The highest BCUT2D eigenvalue weighted by atomic mass is 35.5. The van der Waals surface area contributed by atoms with E-state index in [1.54, 1.807) is 18.2 Å². The van der Waals surface area contributed by atoms with Crippen LogP contribution in [0.3, 0.4) is 0 Å². The Kier molecular flexibility index (Phi) is 5.12. The summed E-state index contributed by atoms with van der Waals surface area (Å²) in [5.74, 6) is 0.421. The molecule has 0 saturated carbocycles. The first kappa shape index (κ1) is 17.9. The third-order valence-electron chi connectivity index (χ3n) is 3.61. The van der Waals surface area contributed by atoms with Gasteiger partial charge in [0.15, 0.2) is 6.61 Å². The van der Waals surface area contributed by atoms with E-state index in [0.29, 0.717) is 21.4 Å². The average molecular weight is 354 g/mol. The largest absolute Gasteiger partial charge is 0.485 e. The van der Waals surface area contributed by atoms with E-state index < -0.39 is 0 Å². The Bertz CT molecular complexity index is 722. The third-order valence-corrected chi connectivity index (χ3v) is 4.04. The SMILES string of the molecule is Cc1cc(C(=O)COc2cc(Cl)cc(Cl)c2)c(C)n1C(C)(C)C. The molecule has 1 aromatic heterocycles. The van der Waals surface area contributed by atoms with E-state index in [9.17, 15) is 4.79 Å².